The number of furan rings is 1. The summed E-state index contributed by atoms with van der Waals surface area (Å²) in [5.41, 5.74) is 3.88. The van der Waals surface area contributed by atoms with Crippen LogP contribution in [0.5, 0.6) is 5.75 Å². The molecule has 0 unspecified atom stereocenters. The molecule has 0 amide bonds. The molecule has 4 aromatic carbocycles. The van der Waals surface area contributed by atoms with Gasteiger partial charge in [0.15, 0.2) is 0 Å². The Morgan fingerprint density at radius 1 is 0.667 bits per heavy atom. The van der Waals surface area contributed by atoms with E-state index in [4.69, 9.17) is 13.6 Å². The van der Waals surface area contributed by atoms with E-state index in [0.29, 0.717) is 16.7 Å². The van der Waals surface area contributed by atoms with Crippen LogP contribution in [0.3, 0.4) is 0 Å². The summed E-state index contributed by atoms with van der Waals surface area (Å²) in [5, 5.41) is 4.37. The molecule has 0 aliphatic heterocycles. The first-order valence-corrected chi connectivity index (χ1v) is 9.68. The molecule has 4 nitrogen and oxygen atoms in total. The summed E-state index contributed by atoms with van der Waals surface area (Å²) in [6.45, 7) is 0. The zero-order valence-corrected chi connectivity index (χ0v) is 16.1. The van der Waals surface area contributed by atoms with E-state index < -0.39 is 0 Å². The fourth-order valence-electron chi connectivity index (χ4n) is 4.22. The van der Waals surface area contributed by atoms with E-state index in [1.807, 2.05) is 54.6 Å². The largest absolute Gasteiger partial charge is 0.497 e. The number of para-hydroxylation sites is 1. The Morgan fingerprint density at radius 3 is 2.40 bits per heavy atom. The summed E-state index contributed by atoms with van der Waals surface area (Å²) < 4.78 is 16.9. The molecule has 0 N–H and O–H groups in total. The zero-order valence-electron chi connectivity index (χ0n) is 16.1. The Labute approximate surface area is 170 Å². The van der Waals surface area contributed by atoms with Crippen LogP contribution in [0.2, 0.25) is 0 Å². The molecule has 4 heteroatoms. The minimum Gasteiger partial charge on any atom is -0.497 e. The fraction of sp³-hybridized carbons (Fsp3) is 0.0385. The minimum atomic E-state index is -0.375. The maximum atomic E-state index is 12.6. The van der Waals surface area contributed by atoms with Gasteiger partial charge >= 0.3 is 5.63 Å². The van der Waals surface area contributed by atoms with Crippen LogP contribution in [0.15, 0.2) is 92.5 Å². The molecule has 0 aliphatic rings. The van der Waals surface area contributed by atoms with Gasteiger partial charge in [0.2, 0.25) is 0 Å². The Kier molecular flexibility index (Phi) is 3.50. The highest BCUT2D eigenvalue weighted by Gasteiger charge is 2.14. The summed E-state index contributed by atoms with van der Waals surface area (Å²) in [6.07, 6.45) is 0. The van der Waals surface area contributed by atoms with Crippen LogP contribution in [-0.4, -0.2) is 7.11 Å². The van der Waals surface area contributed by atoms with Crippen molar-refractivity contribution in [2.45, 2.75) is 0 Å². The molecule has 0 atom stereocenters. The lowest BCUT2D eigenvalue weighted by Crippen LogP contribution is -2.00. The zero-order chi connectivity index (χ0) is 20.2. The van der Waals surface area contributed by atoms with Gasteiger partial charge in [-0.05, 0) is 53.6 Å². The third-order valence-corrected chi connectivity index (χ3v) is 5.63. The van der Waals surface area contributed by atoms with Crippen LogP contribution in [0.25, 0.3) is 54.8 Å². The minimum absolute atomic E-state index is 0.375. The monoisotopic (exact) mass is 392 g/mol. The quantitative estimate of drug-likeness (QED) is 0.249. The molecule has 6 aromatic rings. The van der Waals surface area contributed by atoms with Gasteiger partial charge in [-0.3, -0.25) is 0 Å². The van der Waals surface area contributed by atoms with E-state index in [1.165, 1.54) is 0 Å². The van der Waals surface area contributed by atoms with Crippen molar-refractivity contribution in [1.29, 1.82) is 0 Å². The third kappa shape index (κ3) is 2.37. The van der Waals surface area contributed by atoms with Crippen molar-refractivity contribution >= 4 is 43.7 Å². The molecule has 144 valence electrons. The standard InChI is InChI=1S/C26H16O4/c1-28-16-10-12-18-19-11-9-15(13-24(19)30-26(27)21(18)14-16)17-6-4-8-23-25(17)20-5-2-3-7-22(20)29-23/h2-14H,1H3. The highest BCUT2D eigenvalue weighted by molar-refractivity contribution is 6.13. The summed E-state index contributed by atoms with van der Waals surface area (Å²) >= 11 is 0. The number of hydrogen-bond acceptors (Lipinski definition) is 4. The van der Waals surface area contributed by atoms with Gasteiger partial charge in [-0.25, -0.2) is 4.79 Å². The molecule has 0 radical (unpaired) electrons. The first-order valence-electron chi connectivity index (χ1n) is 9.68. The molecule has 30 heavy (non-hydrogen) atoms. The smallest absolute Gasteiger partial charge is 0.344 e. The molecular weight excluding hydrogens is 376 g/mol. The van der Waals surface area contributed by atoms with Crippen LogP contribution in [-0.2, 0) is 0 Å². The Morgan fingerprint density at radius 2 is 1.50 bits per heavy atom. The molecule has 0 aliphatic carbocycles. The van der Waals surface area contributed by atoms with Gasteiger partial charge in [-0.2, -0.15) is 0 Å². The van der Waals surface area contributed by atoms with E-state index in [9.17, 15) is 4.79 Å². The van der Waals surface area contributed by atoms with Crippen LogP contribution in [0.4, 0.5) is 0 Å². The topological polar surface area (TPSA) is 52.6 Å². The van der Waals surface area contributed by atoms with Gasteiger partial charge in [0, 0.05) is 21.5 Å². The lowest BCUT2D eigenvalue weighted by Gasteiger charge is -2.08. The van der Waals surface area contributed by atoms with Crippen molar-refractivity contribution < 1.29 is 13.6 Å². The number of methoxy groups -OCH3 is 1. The van der Waals surface area contributed by atoms with Crippen molar-refractivity contribution in [1.82, 2.24) is 0 Å². The molecule has 2 aromatic heterocycles. The molecule has 2 heterocycles. The fourth-order valence-corrected chi connectivity index (χ4v) is 4.22. The normalized spacial score (nSPS) is 11.6. The molecule has 0 spiro atoms. The number of rotatable bonds is 2. The molecule has 6 rings (SSSR count). The summed E-state index contributed by atoms with van der Waals surface area (Å²) in [7, 11) is 1.58. The Bertz CT molecular complexity index is 1650. The van der Waals surface area contributed by atoms with Gasteiger partial charge in [-0.1, -0.05) is 36.4 Å². The second-order valence-electron chi connectivity index (χ2n) is 7.29. The predicted octanol–water partition coefficient (Wildman–Crippen LogP) is 6.52. The van der Waals surface area contributed by atoms with E-state index >= 15 is 0 Å². The van der Waals surface area contributed by atoms with Gasteiger partial charge < -0.3 is 13.6 Å². The van der Waals surface area contributed by atoms with Gasteiger partial charge in [0.05, 0.1) is 12.5 Å². The second-order valence-corrected chi connectivity index (χ2v) is 7.29. The number of fused-ring (bicyclic) bond motifs is 6. The number of ether oxygens (including phenoxy) is 1. The maximum Gasteiger partial charge on any atom is 0.344 e. The Balaban J connectivity index is 1.65. The number of benzene rings is 4. The molecular formula is C26H16O4. The van der Waals surface area contributed by atoms with Gasteiger partial charge in [-0.15, -0.1) is 0 Å². The van der Waals surface area contributed by atoms with Crippen molar-refractivity contribution in [2.24, 2.45) is 0 Å². The molecule has 0 saturated carbocycles. The van der Waals surface area contributed by atoms with Crippen LogP contribution < -0.4 is 10.4 Å². The molecule has 0 fully saturated rings. The van der Waals surface area contributed by atoms with Crippen LogP contribution in [0.1, 0.15) is 0 Å². The number of hydrogen-bond donors (Lipinski definition) is 0. The van der Waals surface area contributed by atoms with Gasteiger partial charge in [0.1, 0.15) is 22.5 Å². The predicted molar refractivity (Wildman–Crippen MR) is 119 cm³/mol. The first kappa shape index (κ1) is 16.9. The molecule has 0 saturated heterocycles. The van der Waals surface area contributed by atoms with Crippen molar-refractivity contribution in [3.8, 4) is 16.9 Å². The summed E-state index contributed by atoms with van der Waals surface area (Å²) in [6, 6.07) is 25.5. The third-order valence-electron chi connectivity index (χ3n) is 5.63. The van der Waals surface area contributed by atoms with Crippen molar-refractivity contribution in [2.75, 3.05) is 7.11 Å². The van der Waals surface area contributed by atoms with Crippen LogP contribution >= 0.6 is 0 Å². The highest BCUT2D eigenvalue weighted by atomic mass is 16.5. The first-order chi connectivity index (χ1) is 14.7. The van der Waals surface area contributed by atoms with Crippen LogP contribution in [0, 0.1) is 0 Å². The lowest BCUT2D eigenvalue weighted by molar-refractivity contribution is 0.415. The average molecular weight is 392 g/mol. The van der Waals surface area contributed by atoms with E-state index in [1.54, 1.807) is 13.2 Å². The second kappa shape index (κ2) is 6.22. The molecule has 0 bridgehead atoms. The highest BCUT2D eigenvalue weighted by Crippen LogP contribution is 2.38. The van der Waals surface area contributed by atoms with Gasteiger partial charge in [0.25, 0.3) is 0 Å². The summed E-state index contributed by atoms with van der Waals surface area (Å²) in [4.78, 5) is 12.6. The Hall–Kier alpha value is -4.05. The van der Waals surface area contributed by atoms with E-state index in [-0.39, 0.29) is 5.63 Å². The summed E-state index contributed by atoms with van der Waals surface area (Å²) in [5.74, 6) is 0.629. The van der Waals surface area contributed by atoms with E-state index in [2.05, 4.69) is 18.2 Å². The van der Waals surface area contributed by atoms with Crippen molar-refractivity contribution in [3.05, 3.63) is 89.3 Å². The maximum absolute atomic E-state index is 12.6. The SMILES string of the molecule is COc1ccc2c(c1)c(=O)oc1cc(-c3cccc4oc5ccccc5c34)ccc12. The van der Waals surface area contributed by atoms with Crippen molar-refractivity contribution in [3.63, 3.8) is 0 Å². The lowest BCUT2D eigenvalue weighted by atomic mass is 9.97. The average Bonchev–Trinajstić information content (AvgIpc) is 3.17. The van der Waals surface area contributed by atoms with E-state index in [0.717, 1.165) is 43.8 Å².